The van der Waals surface area contributed by atoms with Crippen LogP contribution in [-0.2, 0) is 0 Å². The highest BCUT2D eigenvalue weighted by atomic mass is 19.2. The number of aliphatic hydroxyl groups excluding tert-OH is 1. The number of para-hydroxylation sites is 1. The summed E-state index contributed by atoms with van der Waals surface area (Å²) >= 11 is 0. The van der Waals surface area contributed by atoms with Gasteiger partial charge in [-0.15, -0.1) is 0 Å². The number of rotatable bonds is 5. The van der Waals surface area contributed by atoms with Crippen molar-refractivity contribution in [2.24, 2.45) is 0 Å². The highest BCUT2D eigenvalue weighted by Crippen LogP contribution is 2.26. The van der Waals surface area contributed by atoms with Gasteiger partial charge in [-0.3, -0.25) is 0 Å². The van der Waals surface area contributed by atoms with E-state index in [1.54, 1.807) is 24.3 Å². The van der Waals surface area contributed by atoms with Gasteiger partial charge in [-0.25, -0.2) is 4.39 Å². The van der Waals surface area contributed by atoms with E-state index in [1.807, 2.05) is 0 Å². The molecule has 2 aromatic rings. The minimum atomic E-state index is -1.07. The molecule has 3 nitrogen and oxygen atoms in total. The Morgan fingerprint density at radius 3 is 2.50 bits per heavy atom. The number of hydrogen-bond donors (Lipinski definition) is 1. The number of halogens is 2. The van der Waals surface area contributed by atoms with Crippen LogP contribution in [0.4, 0.5) is 8.78 Å². The molecule has 0 aliphatic heterocycles. The van der Waals surface area contributed by atoms with Gasteiger partial charge in [0.15, 0.2) is 11.6 Å². The molecule has 5 heteroatoms. The second-order valence-electron chi connectivity index (χ2n) is 4.12. The largest absolute Gasteiger partial charge is 0.496 e. The van der Waals surface area contributed by atoms with Gasteiger partial charge in [-0.05, 0) is 18.2 Å². The van der Waals surface area contributed by atoms with Gasteiger partial charge in [0.05, 0.1) is 7.11 Å². The Morgan fingerprint density at radius 2 is 1.75 bits per heavy atom. The van der Waals surface area contributed by atoms with Crippen LogP contribution in [0.5, 0.6) is 11.5 Å². The minimum Gasteiger partial charge on any atom is -0.496 e. The van der Waals surface area contributed by atoms with Crippen molar-refractivity contribution < 1.29 is 23.4 Å². The molecule has 0 amide bonds. The van der Waals surface area contributed by atoms with Crippen LogP contribution in [-0.4, -0.2) is 18.8 Å². The van der Waals surface area contributed by atoms with E-state index >= 15 is 0 Å². The first-order valence-electron chi connectivity index (χ1n) is 6.01. The third-order valence-electron chi connectivity index (χ3n) is 2.81. The van der Waals surface area contributed by atoms with Crippen LogP contribution in [0.1, 0.15) is 11.7 Å². The maximum Gasteiger partial charge on any atom is 0.200 e. The summed E-state index contributed by atoms with van der Waals surface area (Å²) in [7, 11) is 1.48. The highest BCUT2D eigenvalue weighted by Gasteiger charge is 2.15. The van der Waals surface area contributed by atoms with Crippen LogP contribution < -0.4 is 9.47 Å². The van der Waals surface area contributed by atoms with Crippen LogP contribution in [0.2, 0.25) is 0 Å². The summed E-state index contributed by atoms with van der Waals surface area (Å²) in [5.41, 5.74) is 0.520. The maximum atomic E-state index is 13.4. The number of hydrogen-bond acceptors (Lipinski definition) is 3. The van der Waals surface area contributed by atoms with Gasteiger partial charge < -0.3 is 14.6 Å². The maximum absolute atomic E-state index is 13.4. The van der Waals surface area contributed by atoms with E-state index in [1.165, 1.54) is 19.2 Å². The average Bonchev–Trinajstić information content (AvgIpc) is 2.48. The van der Waals surface area contributed by atoms with Crippen LogP contribution >= 0.6 is 0 Å². The normalized spacial score (nSPS) is 12.0. The second-order valence-corrected chi connectivity index (χ2v) is 4.12. The molecule has 0 spiro atoms. The first-order valence-corrected chi connectivity index (χ1v) is 6.01. The smallest absolute Gasteiger partial charge is 0.200 e. The highest BCUT2D eigenvalue weighted by molar-refractivity contribution is 5.35. The minimum absolute atomic E-state index is 0.208. The molecular formula is C15H14F2O3. The molecule has 0 aromatic heterocycles. The Balaban J connectivity index is 2.09. The van der Waals surface area contributed by atoms with Gasteiger partial charge in [-0.2, -0.15) is 4.39 Å². The van der Waals surface area contributed by atoms with Crippen molar-refractivity contribution in [2.45, 2.75) is 6.10 Å². The Hall–Kier alpha value is -2.14. The zero-order chi connectivity index (χ0) is 14.5. The van der Waals surface area contributed by atoms with E-state index in [9.17, 15) is 13.9 Å². The Bertz CT molecular complexity index is 587. The van der Waals surface area contributed by atoms with E-state index in [4.69, 9.17) is 9.47 Å². The van der Waals surface area contributed by atoms with Crippen molar-refractivity contribution in [3.63, 3.8) is 0 Å². The second kappa shape index (κ2) is 6.34. The van der Waals surface area contributed by atoms with Crippen molar-refractivity contribution in [2.75, 3.05) is 13.7 Å². The average molecular weight is 280 g/mol. The summed E-state index contributed by atoms with van der Waals surface area (Å²) < 4.78 is 36.6. The number of aliphatic hydroxyl groups is 1. The summed E-state index contributed by atoms with van der Waals surface area (Å²) in [6.45, 7) is -0.208. The molecule has 0 saturated carbocycles. The first-order chi connectivity index (χ1) is 9.63. The zero-order valence-corrected chi connectivity index (χ0v) is 10.8. The van der Waals surface area contributed by atoms with E-state index in [0.29, 0.717) is 11.3 Å². The molecule has 0 radical (unpaired) electrons. The van der Waals surface area contributed by atoms with Gasteiger partial charge in [0, 0.05) is 5.56 Å². The molecule has 0 heterocycles. The third-order valence-corrected chi connectivity index (χ3v) is 2.81. The Labute approximate surface area is 115 Å². The van der Waals surface area contributed by atoms with Crippen LogP contribution in [0.3, 0.4) is 0 Å². The topological polar surface area (TPSA) is 38.7 Å². The Kier molecular flexibility index (Phi) is 4.53. The van der Waals surface area contributed by atoms with Crippen molar-refractivity contribution in [1.29, 1.82) is 0 Å². The van der Waals surface area contributed by atoms with Gasteiger partial charge in [0.2, 0.25) is 5.82 Å². The molecule has 0 aliphatic carbocycles. The summed E-state index contributed by atoms with van der Waals surface area (Å²) in [6, 6.07) is 10.5. The molecular weight excluding hydrogens is 266 g/mol. The van der Waals surface area contributed by atoms with Gasteiger partial charge >= 0.3 is 0 Å². The SMILES string of the molecule is COc1ccccc1C(O)COc1cccc(F)c1F. The van der Waals surface area contributed by atoms with Crippen molar-refractivity contribution in [3.8, 4) is 11.5 Å². The quantitative estimate of drug-likeness (QED) is 0.914. The molecule has 1 unspecified atom stereocenters. The lowest BCUT2D eigenvalue weighted by molar-refractivity contribution is 0.103. The van der Waals surface area contributed by atoms with Crippen LogP contribution in [0, 0.1) is 11.6 Å². The molecule has 0 saturated heterocycles. The summed E-state index contributed by atoms with van der Waals surface area (Å²) in [6.07, 6.45) is -1.01. The van der Waals surface area contributed by atoms with Crippen LogP contribution in [0.25, 0.3) is 0 Å². The van der Waals surface area contributed by atoms with Gasteiger partial charge in [0.1, 0.15) is 18.5 Å². The lowest BCUT2D eigenvalue weighted by Crippen LogP contribution is -2.11. The van der Waals surface area contributed by atoms with E-state index in [2.05, 4.69) is 0 Å². The number of ether oxygens (including phenoxy) is 2. The van der Waals surface area contributed by atoms with E-state index < -0.39 is 17.7 Å². The predicted molar refractivity (Wildman–Crippen MR) is 69.8 cm³/mol. The van der Waals surface area contributed by atoms with Gasteiger partial charge in [0.25, 0.3) is 0 Å². The monoisotopic (exact) mass is 280 g/mol. The summed E-state index contributed by atoms with van der Waals surface area (Å²) in [5.74, 6) is -1.80. The lowest BCUT2D eigenvalue weighted by atomic mass is 10.1. The predicted octanol–water partition coefficient (Wildman–Crippen LogP) is 3.09. The molecule has 106 valence electrons. The fraction of sp³-hybridized carbons (Fsp3) is 0.200. The molecule has 1 atom stereocenters. The van der Waals surface area contributed by atoms with Gasteiger partial charge in [-0.1, -0.05) is 24.3 Å². The summed E-state index contributed by atoms with van der Waals surface area (Å²) in [5, 5.41) is 10.0. The number of benzene rings is 2. The zero-order valence-electron chi connectivity index (χ0n) is 10.8. The molecule has 2 rings (SSSR count). The lowest BCUT2D eigenvalue weighted by Gasteiger charge is -2.15. The molecule has 0 aliphatic rings. The fourth-order valence-electron chi connectivity index (χ4n) is 1.80. The van der Waals surface area contributed by atoms with Crippen molar-refractivity contribution in [3.05, 3.63) is 59.7 Å². The van der Waals surface area contributed by atoms with Crippen LogP contribution in [0.15, 0.2) is 42.5 Å². The third kappa shape index (κ3) is 3.05. The van der Waals surface area contributed by atoms with Crippen molar-refractivity contribution in [1.82, 2.24) is 0 Å². The first kappa shape index (κ1) is 14.3. The number of methoxy groups -OCH3 is 1. The molecule has 0 fully saturated rings. The van der Waals surface area contributed by atoms with E-state index in [0.717, 1.165) is 6.07 Å². The molecule has 20 heavy (non-hydrogen) atoms. The van der Waals surface area contributed by atoms with Crippen molar-refractivity contribution >= 4 is 0 Å². The standard InChI is InChI=1S/C15H14F2O3/c1-19-13-7-3-2-5-10(13)12(18)9-20-14-8-4-6-11(16)15(14)17/h2-8,12,18H,9H2,1H3. The molecule has 1 N–H and O–H groups in total. The Morgan fingerprint density at radius 1 is 1.05 bits per heavy atom. The molecule has 0 bridgehead atoms. The fourth-order valence-corrected chi connectivity index (χ4v) is 1.80. The summed E-state index contributed by atoms with van der Waals surface area (Å²) in [4.78, 5) is 0. The molecule has 2 aromatic carbocycles. The van der Waals surface area contributed by atoms with E-state index in [-0.39, 0.29) is 12.4 Å².